The van der Waals surface area contributed by atoms with Crippen molar-refractivity contribution in [2.75, 3.05) is 5.32 Å². The highest BCUT2D eigenvalue weighted by molar-refractivity contribution is 9.10. The smallest absolute Gasteiger partial charge is 0.257 e. The summed E-state index contributed by atoms with van der Waals surface area (Å²) in [6.45, 7) is 7.58. The summed E-state index contributed by atoms with van der Waals surface area (Å²) in [5.41, 5.74) is 4.83. The molecule has 0 saturated carbocycles. The van der Waals surface area contributed by atoms with E-state index in [0.29, 0.717) is 11.3 Å². The second kappa shape index (κ2) is 5.71. The van der Waals surface area contributed by atoms with Crippen LogP contribution in [0, 0.1) is 27.7 Å². The van der Waals surface area contributed by atoms with Crippen LogP contribution in [0.5, 0.6) is 0 Å². The molecule has 20 heavy (non-hydrogen) atoms. The van der Waals surface area contributed by atoms with Gasteiger partial charge in [-0.3, -0.25) is 4.79 Å². The average Bonchev–Trinajstić information content (AvgIpc) is 2.36. The van der Waals surface area contributed by atoms with E-state index in [-0.39, 0.29) is 5.91 Å². The number of nitrogens with zero attached hydrogens (tertiary/aromatic N) is 2. The van der Waals surface area contributed by atoms with Gasteiger partial charge in [0.2, 0.25) is 0 Å². The van der Waals surface area contributed by atoms with Crippen LogP contribution in [0.3, 0.4) is 0 Å². The normalized spacial score (nSPS) is 10.4. The molecule has 5 heteroatoms. The summed E-state index contributed by atoms with van der Waals surface area (Å²) in [5, 5.41) is 10.9. The molecule has 0 saturated heterocycles. The zero-order valence-electron chi connectivity index (χ0n) is 11.9. The molecule has 0 radical (unpaired) electrons. The third kappa shape index (κ3) is 3.04. The fourth-order valence-corrected chi connectivity index (χ4v) is 2.81. The maximum absolute atomic E-state index is 12.4. The number of benzene rings is 1. The third-order valence-corrected chi connectivity index (χ3v) is 3.64. The van der Waals surface area contributed by atoms with E-state index in [0.717, 1.165) is 27.0 Å². The minimum atomic E-state index is -0.173. The summed E-state index contributed by atoms with van der Waals surface area (Å²) in [6.07, 6.45) is 0. The number of halogens is 1. The van der Waals surface area contributed by atoms with Crippen molar-refractivity contribution in [3.05, 3.63) is 50.8 Å². The molecule has 0 atom stereocenters. The van der Waals surface area contributed by atoms with Crippen LogP contribution in [0.2, 0.25) is 0 Å². The predicted molar refractivity (Wildman–Crippen MR) is 83.1 cm³/mol. The molecular weight excluding hydrogens is 318 g/mol. The van der Waals surface area contributed by atoms with Crippen molar-refractivity contribution in [3.8, 4) is 0 Å². The topological polar surface area (TPSA) is 54.9 Å². The standard InChI is InChI=1S/C15H16BrN3O/c1-8-5-9(2)14(13(16)6-8)17-15(20)12-7-10(3)18-19-11(12)4/h5-7H,1-4H3,(H,17,20). The van der Waals surface area contributed by atoms with Gasteiger partial charge in [0.25, 0.3) is 5.91 Å². The van der Waals surface area contributed by atoms with Crippen molar-refractivity contribution in [1.82, 2.24) is 10.2 Å². The lowest BCUT2D eigenvalue weighted by Crippen LogP contribution is -2.16. The van der Waals surface area contributed by atoms with Gasteiger partial charge in [0.05, 0.1) is 22.6 Å². The largest absolute Gasteiger partial charge is 0.321 e. The second-order valence-electron chi connectivity index (χ2n) is 4.88. The lowest BCUT2D eigenvalue weighted by atomic mass is 10.1. The van der Waals surface area contributed by atoms with Gasteiger partial charge in [-0.05, 0) is 66.9 Å². The molecule has 1 heterocycles. The monoisotopic (exact) mass is 333 g/mol. The van der Waals surface area contributed by atoms with Crippen LogP contribution in [0.15, 0.2) is 22.7 Å². The van der Waals surface area contributed by atoms with E-state index in [1.54, 1.807) is 13.0 Å². The van der Waals surface area contributed by atoms with Gasteiger partial charge in [-0.15, -0.1) is 0 Å². The quantitative estimate of drug-likeness (QED) is 0.911. The van der Waals surface area contributed by atoms with Crippen LogP contribution in [0.4, 0.5) is 5.69 Å². The first-order chi connectivity index (χ1) is 9.38. The Kier molecular flexibility index (Phi) is 4.18. The Labute approximate surface area is 126 Å². The number of nitrogens with one attached hydrogen (secondary N) is 1. The van der Waals surface area contributed by atoms with Gasteiger partial charge in [0.1, 0.15) is 0 Å². The highest BCUT2D eigenvalue weighted by Gasteiger charge is 2.14. The lowest BCUT2D eigenvalue weighted by Gasteiger charge is -2.12. The van der Waals surface area contributed by atoms with Crippen LogP contribution in [-0.4, -0.2) is 16.1 Å². The Bertz CT molecular complexity index is 660. The number of hydrogen-bond acceptors (Lipinski definition) is 3. The molecule has 0 aliphatic rings. The molecule has 1 amide bonds. The molecule has 1 aromatic carbocycles. The fraction of sp³-hybridized carbons (Fsp3) is 0.267. The number of anilines is 1. The van der Waals surface area contributed by atoms with Gasteiger partial charge in [-0.1, -0.05) is 6.07 Å². The zero-order chi connectivity index (χ0) is 14.9. The van der Waals surface area contributed by atoms with E-state index in [4.69, 9.17) is 0 Å². The molecule has 1 N–H and O–H groups in total. The molecule has 0 unspecified atom stereocenters. The third-order valence-electron chi connectivity index (χ3n) is 3.02. The summed E-state index contributed by atoms with van der Waals surface area (Å²) in [4.78, 5) is 12.4. The Hall–Kier alpha value is -1.75. The molecule has 0 aliphatic carbocycles. The molecule has 104 valence electrons. The number of aromatic nitrogens is 2. The minimum absolute atomic E-state index is 0.173. The summed E-state index contributed by atoms with van der Waals surface area (Å²) in [5.74, 6) is -0.173. The summed E-state index contributed by atoms with van der Waals surface area (Å²) in [6, 6.07) is 5.75. The van der Waals surface area contributed by atoms with Crippen molar-refractivity contribution in [2.45, 2.75) is 27.7 Å². The molecule has 2 aromatic rings. The van der Waals surface area contributed by atoms with Gasteiger partial charge >= 0.3 is 0 Å². The number of amides is 1. The van der Waals surface area contributed by atoms with Gasteiger partial charge in [0.15, 0.2) is 0 Å². The zero-order valence-corrected chi connectivity index (χ0v) is 13.5. The summed E-state index contributed by atoms with van der Waals surface area (Å²) < 4.78 is 0.875. The first-order valence-corrected chi connectivity index (χ1v) is 7.07. The molecule has 2 rings (SSSR count). The van der Waals surface area contributed by atoms with Crippen molar-refractivity contribution >= 4 is 27.5 Å². The minimum Gasteiger partial charge on any atom is -0.321 e. The molecule has 0 aliphatic heterocycles. The maximum Gasteiger partial charge on any atom is 0.257 e. The Morgan fingerprint density at radius 3 is 2.45 bits per heavy atom. The number of hydrogen-bond donors (Lipinski definition) is 1. The highest BCUT2D eigenvalue weighted by Crippen LogP contribution is 2.28. The average molecular weight is 334 g/mol. The van der Waals surface area contributed by atoms with E-state index in [2.05, 4.69) is 31.4 Å². The maximum atomic E-state index is 12.4. The van der Waals surface area contributed by atoms with Crippen LogP contribution in [-0.2, 0) is 0 Å². The van der Waals surface area contributed by atoms with Gasteiger partial charge < -0.3 is 5.32 Å². The fourth-order valence-electron chi connectivity index (χ4n) is 2.03. The first kappa shape index (κ1) is 14.7. The van der Waals surface area contributed by atoms with Crippen molar-refractivity contribution in [3.63, 3.8) is 0 Å². The van der Waals surface area contributed by atoms with E-state index in [1.807, 2.05) is 32.9 Å². The summed E-state index contributed by atoms with van der Waals surface area (Å²) >= 11 is 3.49. The molecular formula is C15H16BrN3O. The number of rotatable bonds is 2. The van der Waals surface area contributed by atoms with Crippen LogP contribution in [0.1, 0.15) is 32.9 Å². The SMILES string of the molecule is Cc1cc(C)c(NC(=O)c2cc(C)nnc2C)c(Br)c1. The predicted octanol–water partition coefficient (Wildman–Crippen LogP) is 3.73. The highest BCUT2D eigenvalue weighted by atomic mass is 79.9. The Morgan fingerprint density at radius 1 is 1.10 bits per heavy atom. The van der Waals surface area contributed by atoms with E-state index >= 15 is 0 Å². The van der Waals surface area contributed by atoms with Crippen LogP contribution in [0.25, 0.3) is 0 Å². The summed E-state index contributed by atoms with van der Waals surface area (Å²) in [7, 11) is 0. The van der Waals surface area contributed by atoms with Gasteiger partial charge in [0, 0.05) is 4.47 Å². The van der Waals surface area contributed by atoms with E-state index in [9.17, 15) is 4.79 Å². The molecule has 0 fully saturated rings. The number of aryl methyl sites for hydroxylation is 4. The Balaban J connectivity index is 2.35. The number of carbonyl (C=O) groups excluding carboxylic acids is 1. The van der Waals surface area contributed by atoms with E-state index in [1.165, 1.54) is 0 Å². The van der Waals surface area contributed by atoms with E-state index < -0.39 is 0 Å². The van der Waals surface area contributed by atoms with Crippen LogP contribution >= 0.6 is 15.9 Å². The lowest BCUT2D eigenvalue weighted by molar-refractivity contribution is 0.102. The van der Waals surface area contributed by atoms with Crippen molar-refractivity contribution < 1.29 is 4.79 Å². The van der Waals surface area contributed by atoms with Gasteiger partial charge in [-0.25, -0.2) is 0 Å². The number of carbonyl (C=O) groups is 1. The molecule has 4 nitrogen and oxygen atoms in total. The molecule has 1 aromatic heterocycles. The first-order valence-electron chi connectivity index (χ1n) is 6.27. The van der Waals surface area contributed by atoms with Crippen molar-refractivity contribution in [1.29, 1.82) is 0 Å². The second-order valence-corrected chi connectivity index (χ2v) is 5.73. The van der Waals surface area contributed by atoms with Gasteiger partial charge in [-0.2, -0.15) is 10.2 Å². The van der Waals surface area contributed by atoms with Crippen LogP contribution < -0.4 is 5.32 Å². The molecule has 0 spiro atoms. The molecule has 0 bridgehead atoms. The Morgan fingerprint density at radius 2 is 1.80 bits per heavy atom. The van der Waals surface area contributed by atoms with Crippen molar-refractivity contribution in [2.24, 2.45) is 0 Å².